The Hall–Kier alpha value is -1.47. The first-order valence-electron chi connectivity index (χ1n) is 6.75. The summed E-state index contributed by atoms with van der Waals surface area (Å²) >= 11 is 0. The number of hydrogen-bond acceptors (Lipinski definition) is 4. The largest absolute Gasteiger partial charge is 0.352 e. The van der Waals surface area contributed by atoms with Crippen LogP contribution in [-0.2, 0) is 10.0 Å². The van der Waals surface area contributed by atoms with Gasteiger partial charge in [0.25, 0.3) is 15.9 Å². The molecular formula is C14H21N3O3S. The molecule has 0 aliphatic heterocycles. The smallest absolute Gasteiger partial charge is 0.255 e. The van der Waals surface area contributed by atoms with Crippen LogP contribution in [0.5, 0.6) is 0 Å². The average Bonchev–Trinajstić information content (AvgIpc) is 2.76. The number of amides is 1. The fourth-order valence-electron chi connectivity index (χ4n) is 2.85. The SMILES string of the molecule is CC1(C)C(CNC(=O)c2ccnc(S(N)(=O)=O)c2)C1(C)C. The van der Waals surface area contributed by atoms with Crippen LogP contribution in [0.4, 0.5) is 0 Å². The molecule has 1 heterocycles. The number of primary sulfonamides is 1. The summed E-state index contributed by atoms with van der Waals surface area (Å²) in [5.74, 6) is 0.0781. The van der Waals surface area contributed by atoms with Gasteiger partial charge in [-0.3, -0.25) is 4.79 Å². The van der Waals surface area contributed by atoms with Crippen molar-refractivity contribution in [2.45, 2.75) is 32.7 Å². The van der Waals surface area contributed by atoms with Gasteiger partial charge in [0, 0.05) is 18.3 Å². The number of pyridine rings is 1. The summed E-state index contributed by atoms with van der Waals surface area (Å²) in [6, 6.07) is 2.65. The molecular weight excluding hydrogens is 290 g/mol. The number of rotatable bonds is 4. The molecule has 0 bridgehead atoms. The molecule has 0 radical (unpaired) electrons. The van der Waals surface area contributed by atoms with Crippen molar-refractivity contribution < 1.29 is 13.2 Å². The maximum atomic E-state index is 12.1. The number of carbonyl (C=O) groups excluding carboxylic acids is 1. The van der Waals surface area contributed by atoms with Crippen molar-refractivity contribution in [1.82, 2.24) is 10.3 Å². The van der Waals surface area contributed by atoms with Gasteiger partial charge in [0.15, 0.2) is 5.03 Å². The van der Waals surface area contributed by atoms with E-state index in [2.05, 4.69) is 38.0 Å². The van der Waals surface area contributed by atoms with E-state index >= 15 is 0 Å². The van der Waals surface area contributed by atoms with Crippen molar-refractivity contribution in [1.29, 1.82) is 0 Å². The Bertz CT molecular complexity index is 666. The second kappa shape index (κ2) is 4.78. The van der Waals surface area contributed by atoms with Crippen molar-refractivity contribution in [2.75, 3.05) is 6.54 Å². The molecule has 0 aromatic carbocycles. The minimum Gasteiger partial charge on any atom is -0.352 e. The van der Waals surface area contributed by atoms with Crippen LogP contribution in [0.25, 0.3) is 0 Å². The first-order valence-corrected chi connectivity index (χ1v) is 8.29. The monoisotopic (exact) mass is 311 g/mol. The molecule has 0 saturated heterocycles. The van der Waals surface area contributed by atoms with Crippen LogP contribution in [0, 0.1) is 16.7 Å². The molecule has 1 fully saturated rings. The van der Waals surface area contributed by atoms with Gasteiger partial charge in [-0.2, -0.15) is 0 Å². The van der Waals surface area contributed by atoms with Crippen LogP contribution in [0.3, 0.4) is 0 Å². The van der Waals surface area contributed by atoms with Gasteiger partial charge >= 0.3 is 0 Å². The number of nitrogens with one attached hydrogen (secondary N) is 1. The summed E-state index contributed by atoms with van der Waals surface area (Å²) in [6.07, 6.45) is 1.26. The fourth-order valence-corrected chi connectivity index (χ4v) is 3.35. The number of hydrogen-bond donors (Lipinski definition) is 2. The Balaban J connectivity index is 2.06. The molecule has 1 aliphatic rings. The Morgan fingerprint density at radius 3 is 2.38 bits per heavy atom. The van der Waals surface area contributed by atoms with E-state index < -0.39 is 10.0 Å². The Morgan fingerprint density at radius 2 is 1.90 bits per heavy atom. The standard InChI is InChI=1S/C14H21N3O3S/c1-13(2)10(14(13,3)4)8-17-12(18)9-5-6-16-11(7-9)21(15,19)20/h5-7,10H,8H2,1-4H3,(H,17,18)(H2,15,19,20). The van der Waals surface area contributed by atoms with Crippen molar-refractivity contribution in [2.24, 2.45) is 21.9 Å². The van der Waals surface area contributed by atoms with Crippen LogP contribution < -0.4 is 10.5 Å². The molecule has 1 aliphatic carbocycles. The first-order chi connectivity index (χ1) is 9.48. The Morgan fingerprint density at radius 1 is 1.33 bits per heavy atom. The van der Waals surface area contributed by atoms with E-state index in [9.17, 15) is 13.2 Å². The minimum atomic E-state index is -3.91. The third-order valence-electron chi connectivity index (χ3n) is 5.07. The van der Waals surface area contributed by atoms with Crippen molar-refractivity contribution in [3.8, 4) is 0 Å². The van der Waals surface area contributed by atoms with Gasteiger partial charge in [0.05, 0.1) is 0 Å². The van der Waals surface area contributed by atoms with Crippen molar-refractivity contribution >= 4 is 15.9 Å². The lowest BCUT2D eigenvalue weighted by Crippen LogP contribution is -2.27. The van der Waals surface area contributed by atoms with Gasteiger partial charge in [-0.25, -0.2) is 18.5 Å². The summed E-state index contributed by atoms with van der Waals surface area (Å²) in [5, 5.41) is 7.55. The molecule has 0 unspecified atom stereocenters. The Kier molecular flexibility index (Phi) is 3.62. The molecule has 116 valence electrons. The second-order valence-corrected chi connectivity index (χ2v) is 8.14. The highest BCUT2D eigenvalue weighted by molar-refractivity contribution is 7.89. The molecule has 3 N–H and O–H groups in total. The van der Waals surface area contributed by atoms with Crippen molar-refractivity contribution in [3.05, 3.63) is 23.9 Å². The number of nitrogens with two attached hydrogens (primary N) is 1. The summed E-state index contributed by atoms with van der Waals surface area (Å²) in [5.41, 5.74) is 0.611. The van der Waals surface area contributed by atoms with Crippen LogP contribution >= 0.6 is 0 Å². The van der Waals surface area contributed by atoms with E-state index in [4.69, 9.17) is 5.14 Å². The normalized spacial score (nSPS) is 20.0. The van der Waals surface area contributed by atoms with Gasteiger partial charge in [-0.1, -0.05) is 27.7 Å². The third kappa shape index (κ3) is 2.80. The van der Waals surface area contributed by atoms with Crippen LogP contribution in [0.1, 0.15) is 38.1 Å². The van der Waals surface area contributed by atoms with Crippen LogP contribution in [0.15, 0.2) is 23.4 Å². The maximum Gasteiger partial charge on any atom is 0.255 e. The molecule has 21 heavy (non-hydrogen) atoms. The van der Waals surface area contributed by atoms with E-state index in [-0.39, 0.29) is 27.3 Å². The van der Waals surface area contributed by atoms with Crippen LogP contribution in [-0.4, -0.2) is 25.9 Å². The zero-order valence-corrected chi connectivity index (χ0v) is 13.5. The molecule has 1 amide bonds. The predicted octanol–water partition coefficient (Wildman–Crippen LogP) is 1.14. The molecule has 0 spiro atoms. The lowest BCUT2D eigenvalue weighted by atomic mass is 10.0. The highest BCUT2D eigenvalue weighted by Crippen LogP contribution is 2.67. The number of sulfonamides is 1. The van der Waals surface area contributed by atoms with Crippen LogP contribution in [0.2, 0.25) is 0 Å². The predicted molar refractivity (Wildman–Crippen MR) is 79.0 cm³/mol. The van der Waals surface area contributed by atoms with Gasteiger partial charge in [-0.15, -0.1) is 0 Å². The average molecular weight is 311 g/mol. The zero-order valence-electron chi connectivity index (χ0n) is 12.7. The molecule has 2 rings (SSSR count). The topological polar surface area (TPSA) is 102 Å². The minimum absolute atomic E-state index is 0.185. The molecule has 1 aromatic rings. The van der Waals surface area contributed by atoms with Gasteiger partial charge in [0.2, 0.25) is 0 Å². The van der Waals surface area contributed by atoms with E-state index in [0.717, 1.165) is 0 Å². The van der Waals surface area contributed by atoms with Gasteiger partial charge < -0.3 is 5.32 Å². The third-order valence-corrected chi connectivity index (χ3v) is 5.88. The summed E-state index contributed by atoms with van der Waals surface area (Å²) in [6.45, 7) is 9.27. The van der Waals surface area contributed by atoms with Gasteiger partial charge in [0.1, 0.15) is 0 Å². The summed E-state index contributed by atoms with van der Waals surface area (Å²) < 4.78 is 22.5. The quantitative estimate of drug-likeness (QED) is 0.870. The molecule has 1 saturated carbocycles. The summed E-state index contributed by atoms with van der Waals surface area (Å²) in [4.78, 5) is 15.8. The maximum absolute atomic E-state index is 12.1. The number of nitrogens with zero attached hydrogens (tertiary/aromatic N) is 1. The van der Waals surface area contributed by atoms with Crippen molar-refractivity contribution in [3.63, 3.8) is 0 Å². The highest BCUT2D eigenvalue weighted by Gasteiger charge is 2.64. The fraction of sp³-hybridized carbons (Fsp3) is 0.571. The van der Waals surface area contributed by atoms with E-state index in [1.807, 2.05) is 0 Å². The number of carbonyl (C=O) groups is 1. The zero-order chi connectivity index (χ0) is 16.1. The van der Waals surface area contributed by atoms with E-state index in [1.165, 1.54) is 18.3 Å². The lowest BCUT2D eigenvalue weighted by Gasteiger charge is -2.07. The molecule has 1 aromatic heterocycles. The molecule has 0 atom stereocenters. The summed E-state index contributed by atoms with van der Waals surface area (Å²) in [7, 11) is -3.91. The molecule has 6 nitrogen and oxygen atoms in total. The van der Waals surface area contributed by atoms with Gasteiger partial charge in [-0.05, 0) is 28.9 Å². The highest BCUT2D eigenvalue weighted by atomic mass is 32.2. The Labute approximate surface area is 125 Å². The second-order valence-electron chi connectivity index (χ2n) is 6.63. The first kappa shape index (κ1) is 15.9. The lowest BCUT2D eigenvalue weighted by molar-refractivity contribution is 0.0949. The number of aromatic nitrogens is 1. The van der Waals surface area contributed by atoms with E-state index in [1.54, 1.807) is 0 Å². The van der Waals surface area contributed by atoms with E-state index in [0.29, 0.717) is 12.5 Å². The molecule has 7 heteroatoms.